The second-order valence-corrected chi connectivity index (χ2v) is 5.28. The molecule has 6 heteroatoms. The lowest BCUT2D eigenvalue weighted by atomic mass is 10.3. The molecular weight excluding hydrogens is 290 g/mol. The molecule has 3 aromatic rings. The molecule has 0 fully saturated rings. The van der Waals surface area contributed by atoms with Gasteiger partial charge in [0.1, 0.15) is 18.0 Å². The van der Waals surface area contributed by atoms with Gasteiger partial charge in [0, 0.05) is 26.1 Å². The van der Waals surface area contributed by atoms with Crippen molar-refractivity contribution < 1.29 is 4.74 Å². The van der Waals surface area contributed by atoms with E-state index in [1.807, 2.05) is 31.2 Å². The van der Waals surface area contributed by atoms with E-state index in [0.717, 1.165) is 36.5 Å². The Morgan fingerprint density at radius 3 is 2.91 bits per heavy atom. The SMILES string of the molecule is CCOc1cc(NCCCc2nc3ccccc3n2C)ncn1. The highest BCUT2D eigenvalue weighted by Crippen LogP contribution is 2.15. The van der Waals surface area contributed by atoms with Crippen LogP contribution in [0.1, 0.15) is 19.2 Å². The normalized spacial score (nSPS) is 10.9. The summed E-state index contributed by atoms with van der Waals surface area (Å²) in [5.74, 6) is 2.49. The van der Waals surface area contributed by atoms with Crippen LogP contribution in [-0.4, -0.2) is 32.7 Å². The summed E-state index contributed by atoms with van der Waals surface area (Å²) in [5, 5.41) is 3.30. The Hall–Kier alpha value is -2.63. The first kappa shape index (κ1) is 15.3. The van der Waals surface area contributed by atoms with E-state index >= 15 is 0 Å². The van der Waals surface area contributed by atoms with Crippen LogP contribution in [0.25, 0.3) is 11.0 Å². The summed E-state index contributed by atoms with van der Waals surface area (Å²) in [5.41, 5.74) is 2.22. The van der Waals surface area contributed by atoms with Gasteiger partial charge in [-0.3, -0.25) is 0 Å². The number of nitrogens with zero attached hydrogens (tertiary/aromatic N) is 4. The molecule has 0 unspecified atom stereocenters. The summed E-state index contributed by atoms with van der Waals surface area (Å²) in [6.07, 6.45) is 3.41. The number of hydrogen-bond donors (Lipinski definition) is 1. The van der Waals surface area contributed by atoms with Gasteiger partial charge in [-0.15, -0.1) is 0 Å². The third-order valence-electron chi connectivity index (χ3n) is 3.70. The monoisotopic (exact) mass is 311 g/mol. The highest BCUT2D eigenvalue weighted by Gasteiger charge is 2.06. The van der Waals surface area contributed by atoms with Gasteiger partial charge in [0.25, 0.3) is 0 Å². The van der Waals surface area contributed by atoms with E-state index in [9.17, 15) is 0 Å². The zero-order valence-electron chi connectivity index (χ0n) is 13.5. The Kier molecular flexibility index (Phi) is 4.71. The fourth-order valence-electron chi connectivity index (χ4n) is 2.54. The summed E-state index contributed by atoms with van der Waals surface area (Å²) in [6.45, 7) is 3.36. The summed E-state index contributed by atoms with van der Waals surface area (Å²) >= 11 is 0. The number of nitrogens with one attached hydrogen (secondary N) is 1. The highest BCUT2D eigenvalue weighted by molar-refractivity contribution is 5.75. The van der Waals surface area contributed by atoms with Gasteiger partial charge in [-0.1, -0.05) is 12.1 Å². The lowest BCUT2D eigenvalue weighted by molar-refractivity contribution is 0.326. The average Bonchev–Trinajstić information content (AvgIpc) is 2.89. The van der Waals surface area contributed by atoms with Gasteiger partial charge in [0.15, 0.2) is 0 Å². The molecular formula is C17H21N5O. The molecule has 120 valence electrons. The minimum atomic E-state index is 0.598. The first-order valence-corrected chi connectivity index (χ1v) is 7.87. The largest absolute Gasteiger partial charge is 0.478 e. The summed E-state index contributed by atoms with van der Waals surface area (Å²) in [7, 11) is 2.07. The van der Waals surface area contributed by atoms with E-state index < -0.39 is 0 Å². The van der Waals surface area contributed by atoms with Gasteiger partial charge in [0.2, 0.25) is 5.88 Å². The van der Waals surface area contributed by atoms with Gasteiger partial charge in [0.05, 0.1) is 17.6 Å². The Bertz CT molecular complexity index is 784. The number of aryl methyl sites for hydroxylation is 2. The van der Waals surface area contributed by atoms with Crippen molar-refractivity contribution in [2.75, 3.05) is 18.5 Å². The van der Waals surface area contributed by atoms with Crippen molar-refractivity contribution in [1.29, 1.82) is 0 Å². The first-order chi connectivity index (χ1) is 11.3. The number of benzene rings is 1. The quantitative estimate of drug-likeness (QED) is 0.680. The van der Waals surface area contributed by atoms with Gasteiger partial charge in [-0.05, 0) is 25.5 Å². The van der Waals surface area contributed by atoms with Crippen molar-refractivity contribution in [3.63, 3.8) is 0 Å². The molecule has 3 rings (SSSR count). The zero-order valence-corrected chi connectivity index (χ0v) is 13.5. The fourth-order valence-corrected chi connectivity index (χ4v) is 2.54. The lowest BCUT2D eigenvalue weighted by Gasteiger charge is -2.07. The van der Waals surface area contributed by atoms with Crippen LogP contribution in [0.15, 0.2) is 36.7 Å². The number of aromatic nitrogens is 4. The van der Waals surface area contributed by atoms with Gasteiger partial charge < -0.3 is 14.6 Å². The molecule has 0 aliphatic heterocycles. The second-order valence-electron chi connectivity index (χ2n) is 5.28. The zero-order chi connectivity index (χ0) is 16.1. The van der Waals surface area contributed by atoms with E-state index in [-0.39, 0.29) is 0 Å². The molecule has 0 bridgehead atoms. The molecule has 2 aromatic heterocycles. The van der Waals surface area contributed by atoms with Crippen LogP contribution in [0.4, 0.5) is 5.82 Å². The molecule has 0 saturated carbocycles. The molecule has 1 N–H and O–H groups in total. The summed E-state index contributed by atoms with van der Waals surface area (Å²) < 4.78 is 7.53. The number of imidazole rings is 1. The number of anilines is 1. The maximum atomic E-state index is 5.37. The van der Waals surface area contributed by atoms with E-state index in [1.54, 1.807) is 0 Å². The number of hydrogen-bond acceptors (Lipinski definition) is 5. The predicted molar refractivity (Wildman–Crippen MR) is 90.7 cm³/mol. The molecule has 0 aliphatic rings. The lowest BCUT2D eigenvalue weighted by Crippen LogP contribution is -2.07. The van der Waals surface area contributed by atoms with Gasteiger partial charge in [-0.25, -0.2) is 15.0 Å². The average molecular weight is 311 g/mol. The molecule has 23 heavy (non-hydrogen) atoms. The van der Waals surface area contributed by atoms with Crippen LogP contribution >= 0.6 is 0 Å². The summed E-state index contributed by atoms with van der Waals surface area (Å²) in [6, 6.07) is 10.0. The van der Waals surface area contributed by atoms with Crippen molar-refractivity contribution in [3.05, 3.63) is 42.5 Å². The smallest absolute Gasteiger partial charge is 0.218 e. The molecule has 1 aromatic carbocycles. The van der Waals surface area contributed by atoms with E-state index in [0.29, 0.717) is 12.5 Å². The molecule has 0 saturated heterocycles. The Morgan fingerprint density at radius 1 is 1.22 bits per heavy atom. The highest BCUT2D eigenvalue weighted by atomic mass is 16.5. The van der Waals surface area contributed by atoms with Crippen LogP contribution in [-0.2, 0) is 13.5 Å². The van der Waals surface area contributed by atoms with E-state index in [2.05, 4.69) is 37.9 Å². The van der Waals surface area contributed by atoms with Gasteiger partial charge >= 0.3 is 0 Å². The van der Waals surface area contributed by atoms with Crippen LogP contribution in [0.3, 0.4) is 0 Å². The molecule has 6 nitrogen and oxygen atoms in total. The number of fused-ring (bicyclic) bond motifs is 1. The van der Waals surface area contributed by atoms with Crippen molar-refractivity contribution in [1.82, 2.24) is 19.5 Å². The van der Waals surface area contributed by atoms with Crippen molar-refractivity contribution >= 4 is 16.9 Å². The number of para-hydroxylation sites is 2. The molecule has 0 radical (unpaired) electrons. The number of ether oxygens (including phenoxy) is 1. The minimum Gasteiger partial charge on any atom is -0.478 e. The molecule has 0 amide bonds. The van der Waals surface area contributed by atoms with Crippen LogP contribution < -0.4 is 10.1 Å². The van der Waals surface area contributed by atoms with E-state index in [1.165, 1.54) is 11.8 Å². The second kappa shape index (κ2) is 7.09. The van der Waals surface area contributed by atoms with Crippen LogP contribution in [0.5, 0.6) is 5.88 Å². The third-order valence-corrected chi connectivity index (χ3v) is 3.70. The van der Waals surface area contributed by atoms with Crippen LogP contribution in [0, 0.1) is 0 Å². The van der Waals surface area contributed by atoms with Crippen molar-refractivity contribution in [2.45, 2.75) is 19.8 Å². The minimum absolute atomic E-state index is 0.598. The third kappa shape index (κ3) is 3.59. The number of rotatable bonds is 7. The Labute approximate surface area is 135 Å². The Balaban J connectivity index is 1.55. The molecule has 0 aliphatic carbocycles. The van der Waals surface area contributed by atoms with Crippen LogP contribution in [0.2, 0.25) is 0 Å². The standard InChI is InChI=1S/C17H21N5O/c1-3-23-17-11-15(19-12-20-17)18-10-6-9-16-21-13-7-4-5-8-14(13)22(16)2/h4-5,7-8,11-12H,3,6,9-10H2,1-2H3,(H,18,19,20). The van der Waals surface area contributed by atoms with Gasteiger partial charge in [-0.2, -0.15) is 0 Å². The van der Waals surface area contributed by atoms with Crippen molar-refractivity contribution in [3.8, 4) is 5.88 Å². The predicted octanol–water partition coefficient (Wildman–Crippen LogP) is 2.81. The molecule has 2 heterocycles. The molecule has 0 spiro atoms. The van der Waals surface area contributed by atoms with Crippen molar-refractivity contribution in [2.24, 2.45) is 7.05 Å². The topological polar surface area (TPSA) is 64.9 Å². The van der Waals surface area contributed by atoms with E-state index in [4.69, 9.17) is 4.74 Å². The Morgan fingerprint density at radius 2 is 2.09 bits per heavy atom. The maximum absolute atomic E-state index is 5.37. The first-order valence-electron chi connectivity index (χ1n) is 7.87. The fraction of sp³-hybridized carbons (Fsp3) is 0.353. The maximum Gasteiger partial charge on any atom is 0.218 e. The summed E-state index contributed by atoms with van der Waals surface area (Å²) in [4.78, 5) is 12.9. The molecule has 0 atom stereocenters.